The standard InChI is InChI=1S/C27H35FN4O4/c1-16(25-29-20-8-5-7-19(28)24(20)31-25)10-22(33)21(11-23(34)32-9-4-3-6-17(32)2)30-26(35)18-12-27(13-18)14-36-15-27/h5,7-8,16-18,21H,3-4,6,9-15H2,1-2H3,(H,29,31)(H,30,35)/t16-,17+,21+/m1/s1. The molecule has 1 aliphatic carbocycles. The number of carbonyl (C=O) groups is 3. The number of likely N-dealkylation sites (tertiary alicyclic amines) is 1. The van der Waals surface area contributed by atoms with Gasteiger partial charge in [-0.3, -0.25) is 14.4 Å². The van der Waals surface area contributed by atoms with Crippen molar-refractivity contribution in [2.24, 2.45) is 11.3 Å². The van der Waals surface area contributed by atoms with Crippen molar-refractivity contribution >= 4 is 28.6 Å². The van der Waals surface area contributed by atoms with E-state index in [0.29, 0.717) is 31.1 Å². The molecule has 36 heavy (non-hydrogen) atoms. The van der Waals surface area contributed by atoms with Crippen LogP contribution in [-0.4, -0.2) is 64.3 Å². The van der Waals surface area contributed by atoms with Crippen LogP contribution in [0, 0.1) is 17.2 Å². The summed E-state index contributed by atoms with van der Waals surface area (Å²) in [5.41, 5.74) is 0.943. The Labute approximate surface area is 210 Å². The second-order valence-corrected chi connectivity index (χ2v) is 11.1. The number of imidazole rings is 1. The van der Waals surface area contributed by atoms with E-state index in [1.165, 1.54) is 6.07 Å². The zero-order valence-corrected chi connectivity index (χ0v) is 21.0. The summed E-state index contributed by atoms with van der Waals surface area (Å²) in [5.74, 6) is -0.863. The first-order valence-electron chi connectivity index (χ1n) is 13.1. The van der Waals surface area contributed by atoms with Crippen molar-refractivity contribution in [3.8, 4) is 0 Å². The number of nitrogens with one attached hydrogen (secondary N) is 2. The minimum Gasteiger partial charge on any atom is -0.380 e. The lowest BCUT2D eigenvalue weighted by atomic mass is 9.60. The van der Waals surface area contributed by atoms with Crippen molar-refractivity contribution in [1.82, 2.24) is 20.2 Å². The second kappa shape index (κ2) is 9.92. The molecule has 2 saturated heterocycles. The molecular formula is C27H35FN4O4. The molecule has 2 aliphatic heterocycles. The lowest BCUT2D eigenvalue weighted by molar-refractivity contribution is -0.184. The maximum absolute atomic E-state index is 14.1. The fourth-order valence-corrected chi connectivity index (χ4v) is 5.88. The molecular weight excluding hydrogens is 463 g/mol. The van der Waals surface area contributed by atoms with Gasteiger partial charge in [-0.1, -0.05) is 13.0 Å². The van der Waals surface area contributed by atoms with Gasteiger partial charge in [-0.05, 0) is 51.2 Å². The number of nitrogens with zero attached hydrogens (tertiary/aromatic N) is 2. The predicted octanol–water partition coefficient (Wildman–Crippen LogP) is 3.47. The number of para-hydroxylation sites is 1. The SMILES string of the molecule is C[C@H](CC(=O)[C@H](CC(=O)N1CCCC[C@@H]1C)NC(=O)C1CC2(COC2)C1)c1nc2c(F)cccc2[nH]1. The monoisotopic (exact) mass is 498 g/mol. The van der Waals surface area contributed by atoms with Crippen LogP contribution in [0.2, 0.25) is 0 Å². The van der Waals surface area contributed by atoms with Gasteiger partial charge in [0.05, 0.1) is 31.2 Å². The number of amides is 2. The number of hydrogen-bond acceptors (Lipinski definition) is 5. The van der Waals surface area contributed by atoms with Gasteiger partial charge in [0.2, 0.25) is 11.8 Å². The highest BCUT2D eigenvalue weighted by atomic mass is 19.1. The average Bonchev–Trinajstić information content (AvgIpc) is 3.23. The van der Waals surface area contributed by atoms with E-state index in [-0.39, 0.29) is 59.2 Å². The quantitative estimate of drug-likeness (QED) is 0.580. The minimum atomic E-state index is -0.892. The summed E-state index contributed by atoms with van der Waals surface area (Å²) in [7, 11) is 0. The molecule has 3 heterocycles. The minimum absolute atomic E-state index is 0.0443. The maximum atomic E-state index is 14.1. The number of fused-ring (bicyclic) bond motifs is 1. The van der Waals surface area contributed by atoms with Gasteiger partial charge in [-0.25, -0.2) is 9.37 Å². The average molecular weight is 499 g/mol. The number of H-pyrrole nitrogens is 1. The van der Waals surface area contributed by atoms with Crippen molar-refractivity contribution < 1.29 is 23.5 Å². The first-order valence-corrected chi connectivity index (χ1v) is 13.1. The number of hydrogen-bond donors (Lipinski definition) is 2. The Morgan fingerprint density at radius 2 is 2.03 bits per heavy atom. The van der Waals surface area contributed by atoms with Crippen LogP contribution in [0.15, 0.2) is 18.2 Å². The number of aromatic nitrogens is 2. The van der Waals surface area contributed by atoms with Crippen LogP contribution in [-0.2, 0) is 19.1 Å². The van der Waals surface area contributed by atoms with Gasteiger partial charge in [-0.15, -0.1) is 0 Å². The molecule has 194 valence electrons. The Morgan fingerprint density at radius 1 is 1.25 bits per heavy atom. The predicted molar refractivity (Wildman–Crippen MR) is 132 cm³/mol. The summed E-state index contributed by atoms with van der Waals surface area (Å²) in [6, 6.07) is 3.93. The zero-order chi connectivity index (χ0) is 25.4. The first kappa shape index (κ1) is 24.9. The van der Waals surface area contributed by atoms with Gasteiger partial charge in [0.1, 0.15) is 11.3 Å². The number of aromatic amines is 1. The molecule has 1 saturated carbocycles. The molecule has 3 fully saturated rings. The molecule has 0 radical (unpaired) electrons. The Morgan fingerprint density at radius 3 is 2.69 bits per heavy atom. The van der Waals surface area contributed by atoms with Crippen molar-refractivity contribution in [2.45, 2.75) is 76.8 Å². The Hall–Kier alpha value is -2.81. The molecule has 1 spiro atoms. The van der Waals surface area contributed by atoms with Crippen molar-refractivity contribution in [2.75, 3.05) is 19.8 Å². The fourth-order valence-electron chi connectivity index (χ4n) is 5.88. The first-order chi connectivity index (χ1) is 17.2. The summed E-state index contributed by atoms with van der Waals surface area (Å²) < 4.78 is 19.4. The third kappa shape index (κ3) is 4.90. The second-order valence-electron chi connectivity index (χ2n) is 11.1. The van der Waals surface area contributed by atoms with E-state index < -0.39 is 11.9 Å². The molecule has 2 aromatic rings. The smallest absolute Gasteiger partial charge is 0.225 e. The van der Waals surface area contributed by atoms with Gasteiger partial charge in [-0.2, -0.15) is 0 Å². The van der Waals surface area contributed by atoms with E-state index in [9.17, 15) is 18.8 Å². The van der Waals surface area contributed by atoms with Crippen LogP contribution in [0.25, 0.3) is 11.0 Å². The number of piperidine rings is 1. The molecule has 3 aliphatic rings. The van der Waals surface area contributed by atoms with Gasteiger partial charge < -0.3 is 19.9 Å². The summed E-state index contributed by atoms with van der Waals surface area (Å²) in [4.78, 5) is 48.9. The molecule has 0 unspecified atom stereocenters. The van der Waals surface area contributed by atoms with E-state index in [4.69, 9.17) is 4.74 Å². The highest BCUT2D eigenvalue weighted by molar-refractivity contribution is 5.94. The molecule has 1 aromatic heterocycles. The van der Waals surface area contributed by atoms with E-state index >= 15 is 0 Å². The molecule has 0 bridgehead atoms. The molecule has 1 aromatic carbocycles. The van der Waals surface area contributed by atoms with Crippen LogP contribution in [0.1, 0.15) is 70.5 Å². The maximum Gasteiger partial charge on any atom is 0.225 e. The summed E-state index contributed by atoms with van der Waals surface area (Å²) in [6.07, 6.45) is 4.55. The number of ether oxygens (including phenoxy) is 1. The molecule has 8 nitrogen and oxygen atoms in total. The van der Waals surface area contributed by atoms with Gasteiger partial charge in [0.15, 0.2) is 11.6 Å². The number of ketones is 1. The normalized spacial score (nSPS) is 23.1. The Kier molecular flexibility index (Phi) is 6.85. The van der Waals surface area contributed by atoms with Gasteiger partial charge in [0.25, 0.3) is 0 Å². The van der Waals surface area contributed by atoms with E-state index in [0.717, 1.165) is 32.1 Å². The Bertz CT molecular complexity index is 1150. The van der Waals surface area contributed by atoms with Crippen LogP contribution >= 0.6 is 0 Å². The van der Waals surface area contributed by atoms with Gasteiger partial charge >= 0.3 is 0 Å². The number of carbonyl (C=O) groups excluding carboxylic acids is 3. The fraction of sp³-hybridized carbons (Fsp3) is 0.630. The summed E-state index contributed by atoms with van der Waals surface area (Å²) in [5, 5.41) is 2.91. The lowest BCUT2D eigenvalue weighted by Gasteiger charge is -2.52. The topological polar surface area (TPSA) is 104 Å². The van der Waals surface area contributed by atoms with Crippen molar-refractivity contribution in [3.05, 3.63) is 29.8 Å². The van der Waals surface area contributed by atoms with Crippen LogP contribution < -0.4 is 5.32 Å². The van der Waals surface area contributed by atoms with Crippen LogP contribution in [0.4, 0.5) is 4.39 Å². The summed E-state index contributed by atoms with van der Waals surface area (Å²) >= 11 is 0. The molecule has 2 amide bonds. The molecule has 3 atom stereocenters. The van der Waals surface area contributed by atoms with Gasteiger partial charge in [0, 0.05) is 36.3 Å². The highest BCUT2D eigenvalue weighted by Gasteiger charge is 2.52. The van der Waals surface area contributed by atoms with E-state index in [1.54, 1.807) is 12.1 Å². The molecule has 9 heteroatoms. The van der Waals surface area contributed by atoms with Crippen LogP contribution in [0.5, 0.6) is 0 Å². The summed E-state index contributed by atoms with van der Waals surface area (Å²) in [6.45, 7) is 5.94. The highest BCUT2D eigenvalue weighted by Crippen LogP contribution is 2.50. The number of halogens is 1. The lowest BCUT2D eigenvalue weighted by Crippen LogP contribution is -2.57. The third-order valence-corrected chi connectivity index (χ3v) is 8.21. The van der Waals surface area contributed by atoms with E-state index in [1.807, 2.05) is 18.7 Å². The number of benzene rings is 1. The molecule has 2 N–H and O–H groups in total. The van der Waals surface area contributed by atoms with Crippen molar-refractivity contribution in [1.29, 1.82) is 0 Å². The van der Waals surface area contributed by atoms with Crippen molar-refractivity contribution in [3.63, 3.8) is 0 Å². The molecule has 5 rings (SSSR count). The number of rotatable bonds is 8. The third-order valence-electron chi connectivity index (χ3n) is 8.21. The number of Topliss-reactive ketones (excluding diaryl/α,β-unsaturated/α-hetero) is 1. The largest absolute Gasteiger partial charge is 0.380 e. The van der Waals surface area contributed by atoms with Crippen LogP contribution in [0.3, 0.4) is 0 Å². The Balaban J connectivity index is 1.27. The van der Waals surface area contributed by atoms with E-state index in [2.05, 4.69) is 15.3 Å². The zero-order valence-electron chi connectivity index (χ0n) is 21.0.